The number of nitrogens with zero attached hydrogens (tertiary/aromatic N) is 1. The average molecular weight is 282 g/mol. The van der Waals surface area contributed by atoms with Gasteiger partial charge in [-0.15, -0.1) is 0 Å². The van der Waals surface area contributed by atoms with E-state index in [-0.39, 0.29) is 17.8 Å². The van der Waals surface area contributed by atoms with Crippen molar-refractivity contribution in [2.45, 2.75) is 39.3 Å². The molecule has 1 unspecified atom stereocenters. The highest BCUT2D eigenvalue weighted by atomic mass is 19.1. The first-order valence-corrected chi connectivity index (χ1v) is 6.77. The van der Waals surface area contributed by atoms with Gasteiger partial charge in [-0.3, -0.25) is 0 Å². The first kappa shape index (κ1) is 16.3. The summed E-state index contributed by atoms with van der Waals surface area (Å²) < 4.78 is 18.8. The zero-order chi connectivity index (χ0) is 15.3. The molecule has 5 heteroatoms. The fourth-order valence-corrected chi connectivity index (χ4v) is 1.83. The molecule has 0 saturated heterocycles. The van der Waals surface area contributed by atoms with Crippen LogP contribution in [-0.2, 0) is 9.53 Å². The number of nitrogens with one attached hydrogen (secondary N) is 1. The number of anilines is 2. The van der Waals surface area contributed by atoms with Crippen LogP contribution in [0.15, 0.2) is 18.2 Å². The molecule has 0 aliphatic rings. The molecule has 0 radical (unpaired) electrons. The van der Waals surface area contributed by atoms with Crippen LogP contribution in [0.4, 0.5) is 15.8 Å². The van der Waals surface area contributed by atoms with E-state index in [4.69, 9.17) is 4.74 Å². The molecule has 4 nitrogen and oxygen atoms in total. The summed E-state index contributed by atoms with van der Waals surface area (Å²) in [5.41, 5.74) is 1.11. The van der Waals surface area contributed by atoms with E-state index in [1.165, 1.54) is 13.2 Å². The summed E-state index contributed by atoms with van der Waals surface area (Å²) in [6.07, 6.45) is 0.571. The van der Waals surface area contributed by atoms with Gasteiger partial charge in [0.2, 0.25) is 0 Å². The van der Waals surface area contributed by atoms with Gasteiger partial charge in [-0.05, 0) is 38.5 Å². The molecule has 0 saturated carbocycles. The van der Waals surface area contributed by atoms with Crippen LogP contribution in [0, 0.1) is 5.82 Å². The van der Waals surface area contributed by atoms with Crippen LogP contribution in [-0.4, -0.2) is 32.2 Å². The Morgan fingerprint density at radius 3 is 2.55 bits per heavy atom. The lowest BCUT2D eigenvalue weighted by molar-refractivity contribution is -0.141. The maximum atomic E-state index is 14.1. The molecular weight excluding hydrogens is 259 g/mol. The molecule has 0 fully saturated rings. The second kappa shape index (κ2) is 7.12. The van der Waals surface area contributed by atoms with Gasteiger partial charge in [-0.25, -0.2) is 9.18 Å². The number of methoxy groups -OCH3 is 1. The van der Waals surface area contributed by atoms with Crippen LogP contribution in [0.25, 0.3) is 0 Å². The minimum absolute atomic E-state index is 0.210. The third-order valence-corrected chi connectivity index (χ3v) is 3.34. The van der Waals surface area contributed by atoms with Crippen LogP contribution in [0.2, 0.25) is 0 Å². The molecule has 0 aromatic heterocycles. The Hall–Kier alpha value is -1.78. The predicted molar refractivity (Wildman–Crippen MR) is 79.7 cm³/mol. The van der Waals surface area contributed by atoms with Crippen LogP contribution in [0.5, 0.6) is 0 Å². The Kier molecular flexibility index (Phi) is 5.80. The minimum Gasteiger partial charge on any atom is -0.467 e. The summed E-state index contributed by atoms with van der Waals surface area (Å²) >= 11 is 0. The number of hydrogen-bond donors (Lipinski definition) is 1. The molecule has 0 bridgehead atoms. The number of esters is 1. The molecule has 1 aromatic carbocycles. The zero-order valence-corrected chi connectivity index (χ0v) is 12.7. The van der Waals surface area contributed by atoms with Crippen molar-refractivity contribution in [1.29, 1.82) is 0 Å². The zero-order valence-electron chi connectivity index (χ0n) is 12.7. The van der Waals surface area contributed by atoms with Crippen LogP contribution in [0.3, 0.4) is 0 Å². The first-order valence-electron chi connectivity index (χ1n) is 6.77. The number of rotatable bonds is 6. The van der Waals surface area contributed by atoms with Crippen molar-refractivity contribution < 1.29 is 13.9 Å². The van der Waals surface area contributed by atoms with Crippen molar-refractivity contribution in [3.63, 3.8) is 0 Å². The summed E-state index contributed by atoms with van der Waals surface area (Å²) in [4.78, 5) is 13.4. The summed E-state index contributed by atoms with van der Waals surface area (Å²) in [6.45, 7) is 5.86. The number of benzene rings is 1. The van der Waals surface area contributed by atoms with Gasteiger partial charge in [0.15, 0.2) is 0 Å². The lowest BCUT2D eigenvalue weighted by atomic mass is 10.2. The van der Waals surface area contributed by atoms with Crippen LogP contribution in [0.1, 0.15) is 27.2 Å². The SMILES string of the molecule is CCC(Nc1ccc(N(C)C(C)C)c(F)c1)C(=O)OC. The number of ether oxygens (including phenoxy) is 1. The standard InChI is InChI=1S/C15H23FN2O2/c1-6-13(15(19)20-5)17-11-7-8-14(12(16)9-11)18(4)10(2)3/h7-10,13,17H,6H2,1-5H3. The summed E-state index contributed by atoms with van der Waals surface area (Å²) in [5, 5.41) is 2.98. The topological polar surface area (TPSA) is 41.6 Å². The molecule has 1 atom stereocenters. The quantitative estimate of drug-likeness (QED) is 0.814. The van der Waals surface area contributed by atoms with E-state index >= 15 is 0 Å². The molecule has 0 aliphatic heterocycles. The highest BCUT2D eigenvalue weighted by molar-refractivity contribution is 5.79. The maximum Gasteiger partial charge on any atom is 0.328 e. The minimum atomic E-state index is -0.465. The van der Waals surface area contributed by atoms with Crippen molar-refractivity contribution in [1.82, 2.24) is 0 Å². The Labute approximate surface area is 119 Å². The average Bonchev–Trinajstić information content (AvgIpc) is 2.43. The van der Waals surface area contributed by atoms with Gasteiger partial charge in [-0.1, -0.05) is 6.92 Å². The van der Waals surface area contributed by atoms with Crippen LogP contribution >= 0.6 is 0 Å². The van der Waals surface area contributed by atoms with Crippen molar-refractivity contribution in [3.8, 4) is 0 Å². The lowest BCUT2D eigenvalue weighted by Crippen LogP contribution is -2.30. The van der Waals surface area contributed by atoms with Gasteiger partial charge in [0.1, 0.15) is 11.9 Å². The molecule has 1 N–H and O–H groups in total. The Morgan fingerprint density at radius 1 is 1.45 bits per heavy atom. The van der Waals surface area contributed by atoms with Gasteiger partial charge >= 0.3 is 5.97 Å². The van der Waals surface area contributed by atoms with Crippen molar-refractivity contribution in [2.75, 3.05) is 24.4 Å². The van der Waals surface area contributed by atoms with Crippen molar-refractivity contribution in [2.24, 2.45) is 0 Å². The normalized spacial score (nSPS) is 12.2. The second-order valence-electron chi connectivity index (χ2n) is 5.00. The van der Waals surface area contributed by atoms with E-state index in [0.717, 1.165) is 0 Å². The molecular formula is C15H23FN2O2. The Balaban J connectivity index is 2.89. The lowest BCUT2D eigenvalue weighted by Gasteiger charge is -2.25. The molecule has 0 amide bonds. The van der Waals surface area contributed by atoms with Crippen molar-refractivity contribution in [3.05, 3.63) is 24.0 Å². The van der Waals surface area contributed by atoms with Gasteiger partial charge in [0, 0.05) is 18.8 Å². The number of carbonyl (C=O) groups is 1. The third-order valence-electron chi connectivity index (χ3n) is 3.34. The van der Waals surface area contributed by atoms with Gasteiger partial charge in [-0.2, -0.15) is 0 Å². The molecule has 0 aliphatic carbocycles. The molecule has 0 spiro atoms. The number of hydrogen-bond acceptors (Lipinski definition) is 4. The third kappa shape index (κ3) is 3.85. The van der Waals surface area contributed by atoms with Gasteiger partial charge in [0.05, 0.1) is 12.8 Å². The van der Waals surface area contributed by atoms with E-state index in [9.17, 15) is 9.18 Å². The Bertz CT molecular complexity index is 463. The van der Waals surface area contributed by atoms with E-state index in [0.29, 0.717) is 17.8 Å². The first-order chi connectivity index (χ1) is 9.40. The van der Waals surface area contributed by atoms with Gasteiger partial charge < -0.3 is 15.0 Å². The second-order valence-corrected chi connectivity index (χ2v) is 5.00. The summed E-state index contributed by atoms with van der Waals surface area (Å²) in [6, 6.07) is 4.62. The molecule has 1 rings (SSSR count). The molecule has 20 heavy (non-hydrogen) atoms. The predicted octanol–water partition coefficient (Wildman–Crippen LogP) is 3.03. The fraction of sp³-hybridized carbons (Fsp3) is 0.533. The molecule has 0 heterocycles. The number of halogens is 1. The largest absolute Gasteiger partial charge is 0.467 e. The maximum absolute atomic E-state index is 14.1. The van der Waals surface area contributed by atoms with Crippen LogP contribution < -0.4 is 10.2 Å². The van der Waals surface area contributed by atoms with E-state index < -0.39 is 6.04 Å². The van der Waals surface area contributed by atoms with Gasteiger partial charge in [0.25, 0.3) is 0 Å². The monoisotopic (exact) mass is 282 g/mol. The Morgan fingerprint density at radius 2 is 2.10 bits per heavy atom. The fourth-order valence-electron chi connectivity index (χ4n) is 1.83. The van der Waals surface area contributed by atoms with Crippen molar-refractivity contribution >= 4 is 17.3 Å². The van der Waals surface area contributed by atoms with E-state index in [1.54, 1.807) is 12.1 Å². The van der Waals surface area contributed by atoms with E-state index in [1.807, 2.05) is 32.7 Å². The molecule has 112 valence electrons. The molecule has 1 aromatic rings. The smallest absolute Gasteiger partial charge is 0.328 e. The highest BCUT2D eigenvalue weighted by Crippen LogP contribution is 2.24. The number of carbonyl (C=O) groups excluding carboxylic acids is 1. The summed E-state index contributed by atoms with van der Waals surface area (Å²) in [5.74, 6) is -0.665. The highest BCUT2D eigenvalue weighted by Gasteiger charge is 2.17. The van der Waals surface area contributed by atoms with E-state index in [2.05, 4.69) is 5.32 Å². The summed E-state index contributed by atoms with van der Waals surface area (Å²) in [7, 11) is 3.19.